The number of carbonyl (C=O) groups excluding carboxylic acids is 1. The second-order valence-electron chi connectivity index (χ2n) is 5.62. The van der Waals surface area contributed by atoms with Gasteiger partial charge in [-0.25, -0.2) is 14.2 Å². The molecule has 1 amide bonds. The highest BCUT2D eigenvalue weighted by Crippen LogP contribution is 2.20. The number of hydrogen-bond donors (Lipinski definition) is 1. The Morgan fingerprint density at radius 1 is 1.35 bits per heavy atom. The smallest absolute Gasteiger partial charge is 0.329 e. The predicted molar refractivity (Wildman–Crippen MR) is 85.1 cm³/mol. The first kappa shape index (κ1) is 17.1. The van der Waals surface area contributed by atoms with Gasteiger partial charge in [0.1, 0.15) is 17.1 Å². The van der Waals surface area contributed by atoms with Crippen LogP contribution in [-0.4, -0.2) is 39.5 Å². The molecule has 1 aromatic carbocycles. The first-order chi connectivity index (χ1) is 10.7. The molecule has 0 aliphatic heterocycles. The lowest BCUT2D eigenvalue weighted by Gasteiger charge is -2.30. The maximum atomic E-state index is 13.7. The SMILES string of the molecule is CN(C(=O)c1csc(Cc2ccccc2F)n1)C(C)(C)C(=O)O. The van der Waals surface area contributed by atoms with Gasteiger partial charge in [0.15, 0.2) is 0 Å². The van der Waals surface area contributed by atoms with Crippen LogP contribution in [0.2, 0.25) is 0 Å². The molecule has 23 heavy (non-hydrogen) atoms. The van der Waals surface area contributed by atoms with E-state index in [2.05, 4.69) is 4.98 Å². The van der Waals surface area contributed by atoms with Crippen LogP contribution in [0.4, 0.5) is 4.39 Å². The second-order valence-corrected chi connectivity index (χ2v) is 6.57. The van der Waals surface area contributed by atoms with E-state index in [-0.39, 0.29) is 17.9 Å². The van der Waals surface area contributed by atoms with Gasteiger partial charge in [0.2, 0.25) is 0 Å². The van der Waals surface area contributed by atoms with Gasteiger partial charge in [-0.2, -0.15) is 0 Å². The summed E-state index contributed by atoms with van der Waals surface area (Å²) < 4.78 is 13.7. The van der Waals surface area contributed by atoms with Crippen LogP contribution in [0.3, 0.4) is 0 Å². The van der Waals surface area contributed by atoms with Crippen LogP contribution < -0.4 is 0 Å². The Hall–Kier alpha value is -2.28. The minimum Gasteiger partial charge on any atom is -0.480 e. The number of halogens is 1. The van der Waals surface area contributed by atoms with E-state index in [9.17, 15) is 19.1 Å². The lowest BCUT2D eigenvalue weighted by atomic mass is 10.0. The topological polar surface area (TPSA) is 70.5 Å². The minimum atomic E-state index is -1.34. The molecule has 1 aromatic heterocycles. The second kappa shape index (κ2) is 6.45. The van der Waals surface area contributed by atoms with Gasteiger partial charge in [-0.15, -0.1) is 11.3 Å². The summed E-state index contributed by atoms with van der Waals surface area (Å²) in [4.78, 5) is 28.9. The maximum Gasteiger partial charge on any atom is 0.329 e. The quantitative estimate of drug-likeness (QED) is 0.911. The molecule has 0 bridgehead atoms. The third-order valence-corrected chi connectivity index (χ3v) is 4.59. The number of likely N-dealkylation sites (N-methyl/N-ethyl adjacent to an activating group) is 1. The number of hydrogen-bond acceptors (Lipinski definition) is 4. The number of benzene rings is 1. The fraction of sp³-hybridized carbons (Fsp3) is 0.312. The Labute approximate surface area is 137 Å². The van der Waals surface area contributed by atoms with Crippen molar-refractivity contribution in [3.63, 3.8) is 0 Å². The Morgan fingerprint density at radius 3 is 2.61 bits per heavy atom. The van der Waals surface area contributed by atoms with Crippen LogP contribution in [0.1, 0.15) is 34.9 Å². The molecular formula is C16H17FN2O3S. The zero-order valence-electron chi connectivity index (χ0n) is 13.0. The normalized spacial score (nSPS) is 11.3. The first-order valence-electron chi connectivity index (χ1n) is 6.93. The molecule has 0 atom stereocenters. The average molecular weight is 336 g/mol. The largest absolute Gasteiger partial charge is 0.480 e. The van der Waals surface area contributed by atoms with Gasteiger partial charge in [0.25, 0.3) is 5.91 Å². The number of aliphatic carboxylic acids is 1. The fourth-order valence-corrected chi connectivity index (χ4v) is 2.66. The molecule has 1 N–H and O–H groups in total. The van der Waals surface area contributed by atoms with Gasteiger partial charge < -0.3 is 10.0 Å². The highest BCUT2D eigenvalue weighted by Gasteiger charge is 2.36. The number of nitrogens with zero attached hydrogens (tertiary/aromatic N) is 2. The summed E-state index contributed by atoms with van der Waals surface area (Å²) in [5, 5.41) is 11.3. The molecule has 1 heterocycles. The average Bonchev–Trinajstić information content (AvgIpc) is 2.96. The van der Waals surface area contributed by atoms with E-state index in [1.807, 2.05) is 0 Å². The summed E-state index contributed by atoms with van der Waals surface area (Å²) in [6.07, 6.45) is 0.288. The number of rotatable bonds is 5. The van der Waals surface area contributed by atoms with Crippen molar-refractivity contribution in [3.8, 4) is 0 Å². The van der Waals surface area contributed by atoms with Crippen LogP contribution >= 0.6 is 11.3 Å². The highest BCUT2D eigenvalue weighted by molar-refractivity contribution is 7.09. The summed E-state index contributed by atoms with van der Waals surface area (Å²) in [5.74, 6) is -1.90. The summed E-state index contributed by atoms with van der Waals surface area (Å²) >= 11 is 1.25. The Balaban J connectivity index is 2.17. The lowest BCUT2D eigenvalue weighted by Crippen LogP contribution is -2.50. The first-order valence-corrected chi connectivity index (χ1v) is 7.81. The number of carbonyl (C=O) groups is 2. The molecule has 7 heteroatoms. The van der Waals surface area contributed by atoms with Crippen molar-refractivity contribution >= 4 is 23.2 Å². The number of carboxylic acid groups (broad SMARTS) is 1. The van der Waals surface area contributed by atoms with Gasteiger partial charge >= 0.3 is 5.97 Å². The molecule has 0 fully saturated rings. The standard InChI is InChI=1S/C16H17FN2O3S/c1-16(2,15(21)22)19(3)14(20)12-9-23-13(18-12)8-10-6-4-5-7-11(10)17/h4-7,9H,8H2,1-3H3,(H,21,22). The summed E-state index contributed by atoms with van der Waals surface area (Å²) in [7, 11) is 1.42. The maximum absolute atomic E-state index is 13.7. The Morgan fingerprint density at radius 2 is 2.00 bits per heavy atom. The van der Waals surface area contributed by atoms with Crippen LogP contribution in [0.5, 0.6) is 0 Å². The predicted octanol–water partition coefficient (Wildman–Crippen LogP) is 2.81. The molecule has 0 saturated heterocycles. The minimum absolute atomic E-state index is 0.165. The van der Waals surface area contributed by atoms with Crippen LogP contribution in [0, 0.1) is 5.82 Å². The van der Waals surface area contributed by atoms with Crippen LogP contribution in [0.15, 0.2) is 29.6 Å². The summed E-state index contributed by atoms with van der Waals surface area (Å²) in [5.41, 5.74) is -0.676. The molecule has 5 nitrogen and oxygen atoms in total. The number of carboxylic acids is 1. The molecule has 2 rings (SSSR count). The van der Waals surface area contributed by atoms with E-state index in [1.54, 1.807) is 23.6 Å². The van der Waals surface area contributed by atoms with Gasteiger partial charge in [0, 0.05) is 18.8 Å². The third kappa shape index (κ3) is 3.56. The molecular weight excluding hydrogens is 319 g/mol. The number of aromatic nitrogens is 1. The van der Waals surface area contributed by atoms with Crippen LogP contribution in [0.25, 0.3) is 0 Å². The monoisotopic (exact) mass is 336 g/mol. The summed E-state index contributed by atoms with van der Waals surface area (Å²) in [6, 6.07) is 6.38. The molecule has 0 spiro atoms. The van der Waals surface area contributed by atoms with Gasteiger partial charge in [-0.1, -0.05) is 18.2 Å². The molecule has 122 valence electrons. The third-order valence-electron chi connectivity index (χ3n) is 3.74. The number of thiazole rings is 1. The molecule has 0 saturated carbocycles. The van der Waals surface area contributed by atoms with Crippen molar-refractivity contribution in [1.82, 2.24) is 9.88 Å². The summed E-state index contributed by atoms with van der Waals surface area (Å²) in [6.45, 7) is 2.89. The van der Waals surface area contributed by atoms with Crippen molar-refractivity contribution in [2.75, 3.05) is 7.05 Å². The van der Waals surface area contributed by atoms with Crippen molar-refractivity contribution in [3.05, 3.63) is 51.7 Å². The van der Waals surface area contributed by atoms with Crippen LogP contribution in [-0.2, 0) is 11.2 Å². The van der Waals surface area contributed by atoms with Gasteiger partial charge in [-0.3, -0.25) is 4.79 Å². The Kier molecular flexibility index (Phi) is 4.79. The van der Waals surface area contributed by atoms with E-state index >= 15 is 0 Å². The molecule has 0 aliphatic carbocycles. The lowest BCUT2D eigenvalue weighted by molar-refractivity contribution is -0.147. The fourth-order valence-electron chi connectivity index (χ4n) is 1.86. The highest BCUT2D eigenvalue weighted by atomic mass is 32.1. The van der Waals surface area contributed by atoms with Crippen molar-refractivity contribution in [1.29, 1.82) is 0 Å². The number of amides is 1. The zero-order valence-corrected chi connectivity index (χ0v) is 13.9. The van der Waals surface area contributed by atoms with Crippen molar-refractivity contribution in [2.24, 2.45) is 0 Å². The molecule has 0 aliphatic rings. The van der Waals surface area contributed by atoms with Crippen molar-refractivity contribution < 1.29 is 19.1 Å². The van der Waals surface area contributed by atoms with E-state index < -0.39 is 17.4 Å². The van der Waals surface area contributed by atoms with E-state index in [1.165, 1.54) is 38.3 Å². The van der Waals surface area contributed by atoms with Crippen molar-refractivity contribution in [2.45, 2.75) is 25.8 Å². The zero-order chi connectivity index (χ0) is 17.2. The van der Waals surface area contributed by atoms with E-state index in [0.29, 0.717) is 10.6 Å². The molecule has 0 unspecified atom stereocenters. The molecule has 0 radical (unpaired) electrons. The Bertz CT molecular complexity index is 742. The molecule has 2 aromatic rings. The van der Waals surface area contributed by atoms with Gasteiger partial charge in [-0.05, 0) is 25.5 Å². The van der Waals surface area contributed by atoms with E-state index in [4.69, 9.17) is 0 Å². The van der Waals surface area contributed by atoms with Gasteiger partial charge in [0.05, 0.1) is 5.01 Å². The van der Waals surface area contributed by atoms with E-state index in [0.717, 1.165) is 4.90 Å².